The molecule has 1 N–H and O–H groups in total. The molecule has 0 bridgehead atoms. The second-order valence-electron chi connectivity index (χ2n) is 8.10. The Morgan fingerprint density at radius 3 is 2.31 bits per heavy atom. The van der Waals surface area contributed by atoms with E-state index < -0.39 is 0 Å². The highest BCUT2D eigenvalue weighted by atomic mass is 35.5. The first-order valence-corrected chi connectivity index (χ1v) is 11.9. The number of methoxy groups -OCH3 is 3. The van der Waals surface area contributed by atoms with Crippen molar-refractivity contribution in [2.24, 2.45) is 7.05 Å². The third-order valence-electron chi connectivity index (χ3n) is 5.81. The van der Waals surface area contributed by atoms with Gasteiger partial charge in [0.1, 0.15) is 11.0 Å². The molecule has 2 aromatic heterocycles. The zero-order valence-electron chi connectivity index (χ0n) is 20.7. The molecule has 35 heavy (non-hydrogen) atoms. The summed E-state index contributed by atoms with van der Waals surface area (Å²) in [6.07, 6.45) is 2.54. The molecular weight excluding hydrogens is 466 g/mol. The van der Waals surface area contributed by atoms with Gasteiger partial charge in [0.05, 0.1) is 27.0 Å². The molecule has 0 saturated heterocycles. The topological polar surface area (TPSA) is 83.3 Å². The van der Waals surface area contributed by atoms with Gasteiger partial charge in [-0.15, -0.1) is 0 Å². The Hall–Kier alpha value is -3.52. The largest absolute Gasteiger partial charge is 0.493 e. The van der Waals surface area contributed by atoms with Crippen LogP contribution in [0, 0.1) is 0 Å². The number of rotatable bonds is 10. The Bertz CT molecular complexity index is 1310. The first kappa shape index (κ1) is 24.6. The Labute approximate surface area is 210 Å². The third kappa shape index (κ3) is 4.98. The lowest BCUT2D eigenvalue weighted by molar-refractivity contribution is 0.324. The summed E-state index contributed by atoms with van der Waals surface area (Å²) in [5.74, 6) is 2.86. The van der Waals surface area contributed by atoms with Crippen molar-refractivity contribution in [1.29, 1.82) is 0 Å². The zero-order valence-corrected chi connectivity index (χ0v) is 21.4. The maximum atomic E-state index is 6.35. The van der Waals surface area contributed by atoms with E-state index in [0.717, 1.165) is 52.1 Å². The van der Waals surface area contributed by atoms with Crippen LogP contribution in [0.1, 0.15) is 24.6 Å². The number of aryl methyl sites for hydroxylation is 2. The first-order chi connectivity index (χ1) is 17.0. The van der Waals surface area contributed by atoms with Gasteiger partial charge < -0.3 is 19.5 Å². The van der Waals surface area contributed by atoms with Gasteiger partial charge in [0.25, 0.3) is 0 Å². The lowest BCUT2D eigenvalue weighted by Gasteiger charge is -2.15. The molecule has 0 unspecified atom stereocenters. The quantitative estimate of drug-likeness (QED) is 0.319. The summed E-state index contributed by atoms with van der Waals surface area (Å²) >= 11 is 6.35. The van der Waals surface area contributed by atoms with Crippen molar-refractivity contribution in [3.8, 4) is 28.6 Å². The van der Waals surface area contributed by atoms with Crippen molar-refractivity contribution in [3.05, 3.63) is 52.7 Å². The molecule has 0 aliphatic rings. The molecule has 2 heterocycles. The van der Waals surface area contributed by atoms with Gasteiger partial charge in [-0.2, -0.15) is 5.10 Å². The monoisotopic (exact) mass is 495 g/mol. The van der Waals surface area contributed by atoms with Crippen LogP contribution in [0.2, 0.25) is 5.02 Å². The highest BCUT2D eigenvalue weighted by Crippen LogP contribution is 2.41. The number of fused-ring (bicyclic) bond motifs is 1. The molecule has 0 amide bonds. The minimum atomic E-state index is 0.519. The molecule has 0 aliphatic carbocycles. The maximum absolute atomic E-state index is 6.35. The van der Waals surface area contributed by atoms with Crippen LogP contribution >= 0.6 is 11.6 Å². The minimum Gasteiger partial charge on any atom is -0.493 e. The predicted octanol–water partition coefficient (Wildman–Crippen LogP) is 5.32. The molecule has 9 heteroatoms. The summed E-state index contributed by atoms with van der Waals surface area (Å²) in [5.41, 5.74) is 4.46. The molecule has 184 valence electrons. The van der Waals surface area contributed by atoms with Gasteiger partial charge in [-0.05, 0) is 36.6 Å². The summed E-state index contributed by atoms with van der Waals surface area (Å²) in [7, 11) is 6.68. The number of nitrogens with one attached hydrogen (secondary N) is 1. The Morgan fingerprint density at radius 1 is 0.971 bits per heavy atom. The van der Waals surface area contributed by atoms with Crippen molar-refractivity contribution in [2.75, 3.05) is 33.2 Å². The summed E-state index contributed by atoms with van der Waals surface area (Å²) in [6.45, 7) is 2.78. The Kier molecular flexibility index (Phi) is 7.60. The zero-order chi connectivity index (χ0) is 24.9. The van der Waals surface area contributed by atoms with E-state index in [9.17, 15) is 0 Å². The molecule has 0 aliphatic heterocycles. The van der Waals surface area contributed by atoms with Crippen LogP contribution in [-0.4, -0.2) is 47.6 Å². The molecule has 0 spiro atoms. The SMILES string of the molecule is CCCc1nn(C)c2c(NCCc3ccccc3Cl)nc(-c3cc(OC)c(OC)c(OC)c3)nc12. The standard InChI is InChI=1S/C26H30ClN5O3/c1-6-9-19-22-23(32(2)31-19)26(28-13-12-16-10-7-8-11-18(16)27)30-25(29-22)17-14-20(33-3)24(35-5)21(15-17)34-4/h7-8,10-11,14-15H,6,9,12-13H2,1-5H3,(H,28,29,30). The van der Waals surface area contributed by atoms with Gasteiger partial charge in [-0.3, -0.25) is 4.68 Å². The average molecular weight is 496 g/mol. The highest BCUT2D eigenvalue weighted by Gasteiger charge is 2.20. The molecule has 0 fully saturated rings. The van der Waals surface area contributed by atoms with Crippen molar-refractivity contribution >= 4 is 28.5 Å². The number of aromatic nitrogens is 4. The summed E-state index contributed by atoms with van der Waals surface area (Å²) in [5, 5.41) is 8.98. The van der Waals surface area contributed by atoms with Gasteiger partial charge in [0.2, 0.25) is 5.75 Å². The van der Waals surface area contributed by atoms with Gasteiger partial charge in [0.15, 0.2) is 23.1 Å². The van der Waals surface area contributed by atoms with Crippen LogP contribution < -0.4 is 19.5 Å². The second kappa shape index (κ2) is 10.8. The summed E-state index contributed by atoms with van der Waals surface area (Å²) < 4.78 is 18.4. The maximum Gasteiger partial charge on any atom is 0.203 e. The number of benzene rings is 2. The molecule has 4 aromatic rings. The first-order valence-electron chi connectivity index (χ1n) is 11.5. The highest BCUT2D eigenvalue weighted by molar-refractivity contribution is 6.31. The van der Waals surface area contributed by atoms with Crippen LogP contribution in [0.5, 0.6) is 17.2 Å². The fourth-order valence-corrected chi connectivity index (χ4v) is 4.36. The van der Waals surface area contributed by atoms with E-state index in [2.05, 4.69) is 12.2 Å². The van der Waals surface area contributed by atoms with E-state index in [-0.39, 0.29) is 0 Å². The lowest BCUT2D eigenvalue weighted by Crippen LogP contribution is -2.09. The fraction of sp³-hybridized carbons (Fsp3) is 0.346. The summed E-state index contributed by atoms with van der Waals surface area (Å²) in [6, 6.07) is 11.6. The van der Waals surface area contributed by atoms with Crippen LogP contribution in [0.3, 0.4) is 0 Å². The van der Waals surface area contributed by atoms with Crippen LogP contribution in [0.25, 0.3) is 22.4 Å². The molecule has 0 radical (unpaired) electrons. The normalized spacial score (nSPS) is 11.0. The Balaban J connectivity index is 1.80. The van der Waals surface area contributed by atoms with E-state index >= 15 is 0 Å². The van der Waals surface area contributed by atoms with E-state index in [1.807, 2.05) is 48.1 Å². The van der Waals surface area contributed by atoms with E-state index in [1.165, 1.54) is 0 Å². The van der Waals surface area contributed by atoms with Gasteiger partial charge >= 0.3 is 0 Å². The van der Waals surface area contributed by atoms with Crippen molar-refractivity contribution < 1.29 is 14.2 Å². The third-order valence-corrected chi connectivity index (χ3v) is 6.17. The van der Waals surface area contributed by atoms with Crippen LogP contribution in [0.4, 0.5) is 5.82 Å². The van der Waals surface area contributed by atoms with E-state index in [0.29, 0.717) is 35.4 Å². The van der Waals surface area contributed by atoms with E-state index in [4.69, 9.17) is 40.9 Å². The number of halogens is 1. The van der Waals surface area contributed by atoms with Gasteiger partial charge in [-0.25, -0.2) is 9.97 Å². The smallest absolute Gasteiger partial charge is 0.203 e. The van der Waals surface area contributed by atoms with Gasteiger partial charge in [0, 0.05) is 24.2 Å². The fourth-order valence-electron chi connectivity index (χ4n) is 4.13. The van der Waals surface area contributed by atoms with Crippen LogP contribution in [0.15, 0.2) is 36.4 Å². The van der Waals surface area contributed by atoms with Gasteiger partial charge in [-0.1, -0.05) is 43.1 Å². The van der Waals surface area contributed by atoms with Crippen molar-refractivity contribution in [3.63, 3.8) is 0 Å². The number of ether oxygens (including phenoxy) is 3. The van der Waals surface area contributed by atoms with Crippen molar-refractivity contribution in [2.45, 2.75) is 26.2 Å². The predicted molar refractivity (Wildman–Crippen MR) is 139 cm³/mol. The minimum absolute atomic E-state index is 0.519. The molecular formula is C26H30ClN5O3. The van der Waals surface area contributed by atoms with Crippen molar-refractivity contribution in [1.82, 2.24) is 19.7 Å². The van der Waals surface area contributed by atoms with E-state index in [1.54, 1.807) is 21.3 Å². The van der Waals surface area contributed by atoms with Crippen LogP contribution in [-0.2, 0) is 19.9 Å². The number of anilines is 1. The molecule has 8 nitrogen and oxygen atoms in total. The number of nitrogens with zero attached hydrogens (tertiary/aromatic N) is 4. The number of hydrogen-bond donors (Lipinski definition) is 1. The average Bonchev–Trinajstić information content (AvgIpc) is 3.19. The molecule has 2 aromatic carbocycles. The molecule has 0 saturated carbocycles. The molecule has 0 atom stereocenters. The Morgan fingerprint density at radius 2 is 1.69 bits per heavy atom. The molecule has 4 rings (SSSR count). The second-order valence-corrected chi connectivity index (χ2v) is 8.50. The number of hydrogen-bond acceptors (Lipinski definition) is 7. The lowest BCUT2D eigenvalue weighted by atomic mass is 10.1. The summed E-state index contributed by atoms with van der Waals surface area (Å²) in [4.78, 5) is 9.82.